The Morgan fingerprint density at radius 2 is 1.38 bits per heavy atom. The van der Waals surface area contributed by atoms with Crippen LogP contribution in [0.4, 0.5) is 35.1 Å². The molecule has 0 aromatic heterocycles. The van der Waals surface area contributed by atoms with Crippen LogP contribution in [0.5, 0.6) is 0 Å². The minimum Gasteiger partial charge on any atom is -0.371 e. The van der Waals surface area contributed by atoms with Crippen molar-refractivity contribution in [3.05, 3.63) is 0 Å². The van der Waals surface area contributed by atoms with Crippen molar-refractivity contribution < 1.29 is 39.9 Å². The second-order valence-corrected chi connectivity index (χ2v) is 3.42. The van der Waals surface area contributed by atoms with Gasteiger partial charge in [0.15, 0.2) is 0 Å². The number of hydrogen-bond acceptors (Lipinski definition) is 1. The Kier molecular flexibility index (Phi) is 3.12. The van der Waals surface area contributed by atoms with Crippen LogP contribution in [-0.4, -0.2) is 31.0 Å². The molecule has 1 rings (SSSR count). The van der Waals surface area contributed by atoms with Crippen molar-refractivity contribution in [1.82, 2.24) is 0 Å². The van der Waals surface area contributed by atoms with Gasteiger partial charge < -0.3 is 4.74 Å². The van der Waals surface area contributed by atoms with Gasteiger partial charge in [0.25, 0.3) is 0 Å². The summed E-state index contributed by atoms with van der Waals surface area (Å²) < 4.78 is 100. The van der Waals surface area contributed by atoms with E-state index in [1.54, 1.807) is 0 Å². The average Bonchev–Trinajstić information content (AvgIpc) is 2.47. The van der Waals surface area contributed by atoms with Crippen molar-refractivity contribution in [2.45, 2.75) is 30.8 Å². The molecule has 0 saturated carbocycles. The highest BCUT2D eigenvalue weighted by molar-refractivity contribution is 4.91. The summed E-state index contributed by atoms with van der Waals surface area (Å²) in [5.74, 6) is -7.53. The molecule has 9 heteroatoms. The van der Waals surface area contributed by atoms with E-state index in [-0.39, 0.29) is 0 Å². The fourth-order valence-corrected chi connectivity index (χ4v) is 1.29. The van der Waals surface area contributed by atoms with Crippen LogP contribution in [0.25, 0.3) is 0 Å². The summed E-state index contributed by atoms with van der Waals surface area (Å²) in [6.07, 6.45) is -14.9. The van der Waals surface area contributed by atoms with Crippen molar-refractivity contribution in [1.29, 1.82) is 0 Å². The predicted octanol–water partition coefficient (Wildman–Crippen LogP) is 3.15. The minimum absolute atomic E-state index is 1.17. The lowest BCUT2D eigenvalue weighted by atomic mass is 10.0. The highest BCUT2D eigenvalue weighted by atomic mass is 19.4. The maximum atomic E-state index is 12.6. The summed E-state index contributed by atoms with van der Waals surface area (Å²) in [7, 11) is 0. The monoisotopic (exact) mass is 258 g/mol. The van der Waals surface area contributed by atoms with Crippen molar-refractivity contribution in [2.24, 2.45) is 5.92 Å². The molecule has 96 valence electrons. The molecule has 0 spiro atoms. The number of hydrogen-bond donors (Lipinski definition) is 0. The van der Waals surface area contributed by atoms with E-state index in [9.17, 15) is 35.1 Å². The van der Waals surface area contributed by atoms with Gasteiger partial charge in [0.05, 0.1) is 12.5 Å². The van der Waals surface area contributed by atoms with E-state index in [2.05, 4.69) is 4.74 Å². The van der Waals surface area contributed by atoms with Gasteiger partial charge in [0.1, 0.15) is 6.10 Å². The van der Waals surface area contributed by atoms with Gasteiger partial charge in [-0.15, -0.1) is 0 Å². The van der Waals surface area contributed by atoms with Gasteiger partial charge in [-0.1, -0.05) is 0 Å². The van der Waals surface area contributed by atoms with Crippen LogP contribution < -0.4 is 0 Å². The van der Waals surface area contributed by atoms with Crippen LogP contribution in [-0.2, 0) is 4.74 Å². The van der Waals surface area contributed by atoms with Crippen LogP contribution in [0.1, 0.15) is 6.42 Å². The summed E-state index contributed by atoms with van der Waals surface area (Å²) in [6, 6.07) is 0. The first kappa shape index (κ1) is 13.5. The topological polar surface area (TPSA) is 9.23 Å². The Bertz CT molecular complexity index is 254. The molecule has 0 amide bonds. The van der Waals surface area contributed by atoms with E-state index >= 15 is 0 Å². The van der Waals surface area contributed by atoms with Crippen molar-refractivity contribution in [3.8, 4) is 0 Å². The van der Waals surface area contributed by atoms with Crippen LogP contribution in [0, 0.1) is 5.92 Å². The van der Waals surface area contributed by atoms with E-state index in [1.165, 1.54) is 0 Å². The van der Waals surface area contributed by atoms with Gasteiger partial charge in [-0.2, -0.15) is 35.1 Å². The molecule has 2 unspecified atom stereocenters. The third-order valence-corrected chi connectivity index (χ3v) is 2.24. The van der Waals surface area contributed by atoms with E-state index < -0.39 is 43.3 Å². The number of rotatable bonds is 1. The summed E-state index contributed by atoms with van der Waals surface area (Å²) in [6.45, 7) is -1.17. The Balaban J connectivity index is 2.74. The lowest BCUT2D eigenvalue weighted by Gasteiger charge is -2.24. The maximum absolute atomic E-state index is 12.6. The van der Waals surface area contributed by atoms with Crippen molar-refractivity contribution in [2.75, 3.05) is 6.61 Å². The lowest BCUT2D eigenvalue weighted by molar-refractivity contribution is -0.313. The molecule has 1 heterocycles. The normalized spacial score (nSPS) is 28.5. The van der Waals surface area contributed by atoms with Crippen LogP contribution in [0.2, 0.25) is 0 Å². The van der Waals surface area contributed by atoms with Crippen LogP contribution >= 0.6 is 0 Å². The zero-order chi connectivity index (χ0) is 12.8. The van der Waals surface area contributed by atoms with Crippen LogP contribution in [0.3, 0.4) is 0 Å². The number of ether oxygens (including phenoxy) is 1. The zero-order valence-corrected chi connectivity index (χ0v) is 7.50. The highest BCUT2D eigenvalue weighted by Crippen LogP contribution is 2.46. The summed E-state index contributed by atoms with van der Waals surface area (Å²) in [5, 5.41) is 0. The van der Waals surface area contributed by atoms with E-state index in [4.69, 9.17) is 0 Å². The molecular weight excluding hydrogens is 252 g/mol. The molecule has 0 aliphatic carbocycles. The third-order valence-electron chi connectivity index (χ3n) is 2.24. The molecule has 1 aliphatic heterocycles. The summed E-state index contributed by atoms with van der Waals surface area (Å²) in [5.41, 5.74) is 0. The summed E-state index contributed by atoms with van der Waals surface area (Å²) in [4.78, 5) is 0. The molecule has 0 aromatic carbocycles. The van der Waals surface area contributed by atoms with Gasteiger partial charge in [0, 0.05) is 0 Å². The van der Waals surface area contributed by atoms with Gasteiger partial charge in [-0.05, 0) is 6.42 Å². The van der Waals surface area contributed by atoms with Crippen LogP contribution in [0.15, 0.2) is 0 Å². The molecule has 2 atom stereocenters. The molecule has 1 saturated heterocycles. The van der Waals surface area contributed by atoms with E-state index in [1.807, 2.05) is 0 Å². The zero-order valence-electron chi connectivity index (χ0n) is 7.50. The Morgan fingerprint density at radius 1 is 0.875 bits per heavy atom. The molecule has 16 heavy (non-hydrogen) atoms. The fraction of sp³-hybridized carbons (Fsp3) is 1.00. The van der Waals surface area contributed by atoms with Gasteiger partial charge >= 0.3 is 18.3 Å². The maximum Gasteiger partial charge on any atom is 0.456 e. The number of alkyl halides is 8. The van der Waals surface area contributed by atoms with E-state index in [0.29, 0.717) is 0 Å². The first-order valence-corrected chi connectivity index (χ1v) is 4.09. The average molecular weight is 258 g/mol. The first-order valence-electron chi connectivity index (χ1n) is 4.09. The van der Waals surface area contributed by atoms with E-state index in [0.717, 1.165) is 0 Å². The molecule has 0 bridgehead atoms. The molecular formula is C7H6F8O. The quantitative estimate of drug-likeness (QED) is 0.656. The second kappa shape index (κ2) is 3.71. The molecule has 1 aliphatic rings. The van der Waals surface area contributed by atoms with Gasteiger partial charge in [0.2, 0.25) is 0 Å². The van der Waals surface area contributed by atoms with Gasteiger partial charge in [-0.25, -0.2) is 0 Å². The largest absolute Gasteiger partial charge is 0.456 e. The molecule has 0 N–H and O–H groups in total. The molecule has 1 fully saturated rings. The second-order valence-electron chi connectivity index (χ2n) is 3.42. The summed E-state index contributed by atoms with van der Waals surface area (Å²) >= 11 is 0. The predicted molar refractivity (Wildman–Crippen MR) is 34.9 cm³/mol. The Labute approximate surface area is 84.4 Å². The first-order chi connectivity index (χ1) is 6.96. The van der Waals surface area contributed by atoms with Crippen molar-refractivity contribution >= 4 is 0 Å². The Morgan fingerprint density at radius 3 is 1.69 bits per heavy atom. The molecule has 1 nitrogen and oxygen atoms in total. The highest BCUT2D eigenvalue weighted by Gasteiger charge is 2.66. The minimum atomic E-state index is -5.90. The van der Waals surface area contributed by atoms with Crippen molar-refractivity contribution in [3.63, 3.8) is 0 Å². The Hall–Kier alpha value is -0.600. The fourth-order valence-electron chi connectivity index (χ4n) is 1.29. The number of halogens is 8. The molecule has 0 aromatic rings. The smallest absolute Gasteiger partial charge is 0.371 e. The SMILES string of the molecule is FC(F)(F)C1COC(C(F)(F)C(F)(F)F)C1. The standard InChI is InChI=1S/C7H6F8O/c8-5(9,7(13,14)15)4-1-3(2-16-4)6(10,11)12/h3-4H,1-2H2. The lowest BCUT2D eigenvalue weighted by Crippen LogP contribution is -2.47. The third kappa shape index (κ3) is 2.38. The van der Waals surface area contributed by atoms with Gasteiger partial charge in [-0.3, -0.25) is 0 Å². The molecule has 0 radical (unpaired) electrons.